The molecule has 2 aliphatic rings. The number of nitrogens with one attached hydrogen (secondary N) is 1. The van der Waals surface area contributed by atoms with E-state index in [0.717, 1.165) is 45.4 Å². The number of benzene rings is 2. The van der Waals surface area contributed by atoms with Crippen molar-refractivity contribution in [2.24, 2.45) is 0 Å². The highest BCUT2D eigenvalue weighted by molar-refractivity contribution is 7.23. The maximum absolute atomic E-state index is 12.7. The highest BCUT2D eigenvalue weighted by Gasteiger charge is 2.40. The molecule has 2 fully saturated rings. The summed E-state index contributed by atoms with van der Waals surface area (Å²) in [5.41, 5.74) is 5.14. The lowest BCUT2D eigenvalue weighted by Gasteiger charge is -2.31. The zero-order valence-corrected chi connectivity index (χ0v) is 19.9. The molecule has 170 valence electrons. The summed E-state index contributed by atoms with van der Waals surface area (Å²) in [6.07, 6.45) is 4.39. The molecule has 2 aliphatic heterocycles. The molecule has 2 unspecified atom stereocenters. The van der Waals surface area contributed by atoms with Crippen molar-refractivity contribution >= 4 is 32.4 Å². The van der Waals surface area contributed by atoms with Gasteiger partial charge in [0, 0.05) is 55.6 Å². The average molecular weight is 460 g/mol. The minimum atomic E-state index is 0.00562. The molecular formula is C26H29N5OS. The number of thiazole rings is 1. The first kappa shape index (κ1) is 20.8. The van der Waals surface area contributed by atoms with Gasteiger partial charge in [-0.15, -0.1) is 0 Å². The van der Waals surface area contributed by atoms with E-state index in [0.29, 0.717) is 18.2 Å². The van der Waals surface area contributed by atoms with Crippen LogP contribution in [0.15, 0.2) is 48.7 Å². The molecule has 0 radical (unpaired) electrons. The van der Waals surface area contributed by atoms with Crippen molar-refractivity contribution in [1.82, 2.24) is 24.5 Å². The number of aromatic nitrogens is 2. The van der Waals surface area contributed by atoms with Crippen LogP contribution in [0.5, 0.6) is 0 Å². The fraction of sp³-hybridized carbons (Fsp3) is 0.385. The van der Waals surface area contributed by atoms with Gasteiger partial charge in [0.2, 0.25) is 0 Å². The highest BCUT2D eigenvalue weighted by Crippen LogP contribution is 2.31. The highest BCUT2D eigenvalue weighted by atomic mass is 32.1. The molecule has 0 aliphatic carbocycles. The minimum Gasteiger partial charge on any atom is -0.352 e. The molecule has 2 aromatic carbocycles. The molecule has 4 heterocycles. The van der Waals surface area contributed by atoms with Gasteiger partial charge in [0.25, 0.3) is 5.91 Å². The van der Waals surface area contributed by atoms with Crippen molar-refractivity contribution in [3.8, 4) is 11.3 Å². The van der Waals surface area contributed by atoms with E-state index >= 15 is 0 Å². The van der Waals surface area contributed by atoms with Crippen LogP contribution >= 0.6 is 11.3 Å². The number of amides is 1. The number of fused-ring (bicyclic) bond motifs is 5. The second-order valence-corrected chi connectivity index (χ2v) is 10.5. The first-order valence-electron chi connectivity index (χ1n) is 11.8. The summed E-state index contributed by atoms with van der Waals surface area (Å²) < 4.78 is 3.21. The smallest absolute Gasteiger partial charge is 0.251 e. The van der Waals surface area contributed by atoms with E-state index in [1.807, 2.05) is 18.2 Å². The third kappa shape index (κ3) is 3.84. The van der Waals surface area contributed by atoms with E-state index in [1.54, 1.807) is 11.3 Å². The van der Waals surface area contributed by atoms with Crippen molar-refractivity contribution < 1.29 is 4.79 Å². The van der Waals surface area contributed by atoms with Crippen LogP contribution in [0, 0.1) is 6.92 Å². The van der Waals surface area contributed by atoms with Gasteiger partial charge < -0.3 is 10.2 Å². The average Bonchev–Trinajstić information content (AvgIpc) is 3.55. The van der Waals surface area contributed by atoms with Crippen molar-refractivity contribution in [3.05, 3.63) is 59.8 Å². The number of nitrogens with zero attached hydrogens (tertiary/aromatic N) is 4. The van der Waals surface area contributed by atoms with Crippen LogP contribution in [0.25, 0.3) is 26.4 Å². The van der Waals surface area contributed by atoms with E-state index < -0.39 is 0 Å². The number of aryl methyl sites for hydroxylation is 1. The fourth-order valence-corrected chi connectivity index (χ4v) is 6.44. The van der Waals surface area contributed by atoms with Gasteiger partial charge in [0.05, 0.1) is 15.9 Å². The molecule has 1 amide bonds. The minimum absolute atomic E-state index is 0.00562. The monoisotopic (exact) mass is 459 g/mol. The first-order chi connectivity index (χ1) is 16.0. The summed E-state index contributed by atoms with van der Waals surface area (Å²) in [6.45, 7) is 6.25. The molecule has 2 atom stereocenters. The van der Waals surface area contributed by atoms with Gasteiger partial charge in [-0.1, -0.05) is 35.1 Å². The van der Waals surface area contributed by atoms with Crippen LogP contribution in [-0.2, 0) is 0 Å². The maximum Gasteiger partial charge on any atom is 0.251 e. The molecule has 6 nitrogen and oxygen atoms in total. The Kier molecular flexibility index (Phi) is 5.20. The summed E-state index contributed by atoms with van der Waals surface area (Å²) in [4.78, 5) is 23.6. The number of imidazole rings is 1. The van der Waals surface area contributed by atoms with Gasteiger partial charge in [0.15, 0.2) is 4.96 Å². The summed E-state index contributed by atoms with van der Waals surface area (Å²) in [7, 11) is 2.23. The maximum atomic E-state index is 12.7. The number of carbonyl (C=O) groups excluding carboxylic acids is 1. The van der Waals surface area contributed by atoms with Gasteiger partial charge in [-0.05, 0) is 51.1 Å². The molecule has 2 saturated heterocycles. The van der Waals surface area contributed by atoms with Crippen molar-refractivity contribution in [2.75, 3.05) is 33.2 Å². The quantitative estimate of drug-likeness (QED) is 0.442. The Hall–Kier alpha value is -2.74. The first-order valence-corrected chi connectivity index (χ1v) is 12.6. The lowest BCUT2D eigenvalue weighted by atomic mass is 10.1. The predicted molar refractivity (Wildman–Crippen MR) is 134 cm³/mol. The van der Waals surface area contributed by atoms with Crippen molar-refractivity contribution in [3.63, 3.8) is 0 Å². The molecule has 1 N–H and O–H groups in total. The number of likely N-dealkylation sites (N-methyl/N-ethyl adjacent to an activating group) is 1. The Balaban J connectivity index is 1.10. The normalized spacial score (nSPS) is 20.9. The molecule has 2 bridgehead atoms. The van der Waals surface area contributed by atoms with Gasteiger partial charge in [-0.2, -0.15) is 0 Å². The molecule has 0 saturated carbocycles. The second-order valence-electron chi connectivity index (χ2n) is 9.52. The van der Waals surface area contributed by atoms with Gasteiger partial charge in [-0.25, -0.2) is 4.98 Å². The number of carbonyl (C=O) groups is 1. The SMILES string of the molecule is Cc1cccc(-c2cn3c(n2)sc2cc(C(=O)NCCCN4CC5CC4CN5C)ccc23)c1. The molecule has 4 aromatic rings. The number of hydrogen-bond donors (Lipinski definition) is 1. The number of rotatable bonds is 6. The lowest BCUT2D eigenvalue weighted by molar-refractivity contribution is 0.0949. The number of likely N-dealkylation sites (tertiary alicyclic amines) is 2. The number of piperazine rings is 1. The lowest BCUT2D eigenvalue weighted by Crippen LogP contribution is -2.45. The van der Waals surface area contributed by atoms with E-state index in [1.165, 1.54) is 25.1 Å². The topological polar surface area (TPSA) is 52.9 Å². The van der Waals surface area contributed by atoms with Crippen LogP contribution in [0.2, 0.25) is 0 Å². The Morgan fingerprint density at radius 3 is 2.88 bits per heavy atom. The largest absolute Gasteiger partial charge is 0.352 e. The van der Waals surface area contributed by atoms with E-state index in [4.69, 9.17) is 4.98 Å². The second kappa shape index (κ2) is 8.24. The number of hydrogen-bond acceptors (Lipinski definition) is 5. The molecule has 0 spiro atoms. The molecule has 7 heteroatoms. The Labute approximate surface area is 197 Å². The zero-order valence-electron chi connectivity index (χ0n) is 19.1. The van der Waals surface area contributed by atoms with Crippen LogP contribution in [0.3, 0.4) is 0 Å². The summed E-state index contributed by atoms with van der Waals surface area (Å²) in [5.74, 6) is 0.00562. The third-order valence-electron chi connectivity index (χ3n) is 7.21. The Morgan fingerprint density at radius 1 is 1.18 bits per heavy atom. The standard InChI is InChI=1S/C26H29N5OS/c1-17-5-3-6-18(11-17)22-16-31-23-8-7-19(12-24(23)33-26(31)28-22)25(32)27-9-4-10-30-15-20-13-21(30)14-29(20)2/h3,5-8,11-12,16,20-21H,4,9-10,13-15H2,1-2H3,(H,27,32). The molecule has 2 aromatic heterocycles. The van der Waals surface area contributed by atoms with Crippen molar-refractivity contribution in [2.45, 2.75) is 31.8 Å². The van der Waals surface area contributed by atoms with Crippen LogP contribution in [0.1, 0.15) is 28.8 Å². The summed E-state index contributed by atoms with van der Waals surface area (Å²) >= 11 is 1.63. The Bertz CT molecular complexity index is 1340. The van der Waals surface area contributed by atoms with E-state index in [2.05, 4.69) is 64.0 Å². The predicted octanol–water partition coefficient (Wildman–Crippen LogP) is 4.03. The van der Waals surface area contributed by atoms with Gasteiger partial charge in [-0.3, -0.25) is 14.1 Å². The molecule has 33 heavy (non-hydrogen) atoms. The Morgan fingerprint density at radius 2 is 2.09 bits per heavy atom. The fourth-order valence-electron chi connectivity index (χ4n) is 5.39. The molecule has 6 rings (SSSR count). The summed E-state index contributed by atoms with van der Waals surface area (Å²) in [6, 6.07) is 15.8. The van der Waals surface area contributed by atoms with E-state index in [-0.39, 0.29) is 5.91 Å². The zero-order chi connectivity index (χ0) is 22.5. The van der Waals surface area contributed by atoms with Crippen LogP contribution in [0.4, 0.5) is 0 Å². The third-order valence-corrected chi connectivity index (χ3v) is 8.22. The van der Waals surface area contributed by atoms with Crippen LogP contribution in [-0.4, -0.2) is 70.4 Å². The van der Waals surface area contributed by atoms with Gasteiger partial charge >= 0.3 is 0 Å². The van der Waals surface area contributed by atoms with E-state index in [9.17, 15) is 4.79 Å². The van der Waals surface area contributed by atoms with Crippen LogP contribution < -0.4 is 5.32 Å². The van der Waals surface area contributed by atoms with Gasteiger partial charge in [0.1, 0.15) is 0 Å². The molecular weight excluding hydrogens is 430 g/mol. The summed E-state index contributed by atoms with van der Waals surface area (Å²) in [5, 5.41) is 3.11. The van der Waals surface area contributed by atoms with Crippen molar-refractivity contribution in [1.29, 1.82) is 0 Å².